The van der Waals surface area contributed by atoms with Gasteiger partial charge in [-0.2, -0.15) is 0 Å². The number of rotatable bonds is 5. The third-order valence-corrected chi connectivity index (χ3v) is 4.52. The molecule has 2 aromatic rings. The maximum Gasteiger partial charge on any atom is 0.251 e. The third-order valence-electron chi connectivity index (χ3n) is 4.52. The number of amides is 1. The molecule has 1 N–H and O–H groups in total. The highest BCUT2D eigenvalue weighted by Gasteiger charge is 2.23. The number of hydrogen-bond donors (Lipinski definition) is 1. The summed E-state index contributed by atoms with van der Waals surface area (Å²) in [6, 6.07) is 18.2. The average Bonchev–Trinajstić information content (AvgIpc) is 2.64. The zero-order valence-electron chi connectivity index (χ0n) is 14.1. The molecule has 1 aliphatic rings. The molecule has 1 aliphatic heterocycles. The fraction of sp³-hybridized carbons (Fsp3) is 0.350. The van der Waals surface area contributed by atoms with E-state index in [1.165, 1.54) is 5.56 Å². The second-order valence-corrected chi connectivity index (χ2v) is 6.10. The van der Waals surface area contributed by atoms with Crippen molar-refractivity contribution in [3.8, 4) is 0 Å². The molecule has 4 nitrogen and oxygen atoms in total. The molecule has 0 unspecified atom stereocenters. The van der Waals surface area contributed by atoms with E-state index in [1.807, 2.05) is 49.4 Å². The van der Waals surface area contributed by atoms with E-state index in [9.17, 15) is 4.79 Å². The summed E-state index contributed by atoms with van der Waals surface area (Å²) in [5.74, 6) is -0.0118. The Labute approximate surface area is 143 Å². The number of aryl methyl sites for hydroxylation is 1. The van der Waals surface area contributed by atoms with Gasteiger partial charge >= 0.3 is 0 Å². The van der Waals surface area contributed by atoms with Gasteiger partial charge in [0.25, 0.3) is 5.91 Å². The van der Waals surface area contributed by atoms with Crippen molar-refractivity contribution in [1.29, 1.82) is 0 Å². The monoisotopic (exact) mass is 324 g/mol. The topological polar surface area (TPSA) is 41.6 Å². The molecule has 0 radical (unpaired) electrons. The largest absolute Gasteiger partial charge is 0.379 e. The number of morpholine rings is 1. The summed E-state index contributed by atoms with van der Waals surface area (Å²) >= 11 is 0. The predicted octanol–water partition coefficient (Wildman–Crippen LogP) is 2.80. The van der Waals surface area contributed by atoms with E-state index < -0.39 is 0 Å². The van der Waals surface area contributed by atoms with E-state index in [-0.39, 0.29) is 11.9 Å². The van der Waals surface area contributed by atoms with Crippen molar-refractivity contribution >= 4 is 5.91 Å². The van der Waals surface area contributed by atoms with Gasteiger partial charge in [-0.3, -0.25) is 9.69 Å². The Hall–Kier alpha value is -2.17. The molecule has 0 aliphatic carbocycles. The quantitative estimate of drug-likeness (QED) is 0.919. The lowest BCUT2D eigenvalue weighted by Crippen LogP contribution is -2.43. The summed E-state index contributed by atoms with van der Waals surface area (Å²) < 4.78 is 5.47. The molecule has 1 fully saturated rings. The van der Waals surface area contributed by atoms with Crippen LogP contribution in [0.4, 0.5) is 0 Å². The van der Waals surface area contributed by atoms with E-state index >= 15 is 0 Å². The first-order valence-corrected chi connectivity index (χ1v) is 8.46. The summed E-state index contributed by atoms with van der Waals surface area (Å²) in [6.45, 7) is 5.83. The Kier molecular flexibility index (Phi) is 5.62. The van der Waals surface area contributed by atoms with Crippen LogP contribution in [0.5, 0.6) is 0 Å². The standard InChI is InChI=1S/C20H24N2O2/c1-16-7-5-6-10-18(16)20(23)21-15-19(17-8-3-2-4-9-17)22-11-13-24-14-12-22/h2-10,19H,11-15H2,1H3,(H,21,23)/t19-/m0/s1. The number of nitrogens with one attached hydrogen (secondary N) is 1. The number of benzene rings is 2. The Bertz CT molecular complexity index is 666. The van der Waals surface area contributed by atoms with E-state index in [2.05, 4.69) is 22.3 Å². The first kappa shape index (κ1) is 16.7. The smallest absolute Gasteiger partial charge is 0.251 e. The molecular weight excluding hydrogens is 300 g/mol. The predicted molar refractivity (Wildman–Crippen MR) is 95.1 cm³/mol. The van der Waals surface area contributed by atoms with Crippen LogP contribution in [0.15, 0.2) is 54.6 Å². The maximum atomic E-state index is 12.5. The Balaban J connectivity index is 1.72. The van der Waals surface area contributed by atoms with Gasteiger partial charge in [-0.15, -0.1) is 0 Å². The van der Waals surface area contributed by atoms with Crippen molar-refractivity contribution in [1.82, 2.24) is 10.2 Å². The minimum atomic E-state index is -0.0118. The van der Waals surface area contributed by atoms with Crippen LogP contribution in [-0.2, 0) is 4.74 Å². The molecule has 1 heterocycles. The van der Waals surface area contributed by atoms with Crippen LogP contribution in [0, 0.1) is 6.92 Å². The summed E-state index contributed by atoms with van der Waals surface area (Å²) in [6.07, 6.45) is 0. The van der Waals surface area contributed by atoms with Crippen LogP contribution < -0.4 is 5.32 Å². The van der Waals surface area contributed by atoms with Crippen molar-refractivity contribution in [2.45, 2.75) is 13.0 Å². The minimum absolute atomic E-state index is 0.0118. The molecular formula is C20H24N2O2. The summed E-state index contributed by atoms with van der Waals surface area (Å²) in [4.78, 5) is 14.9. The molecule has 3 rings (SSSR count). The fourth-order valence-electron chi connectivity index (χ4n) is 3.13. The second kappa shape index (κ2) is 8.08. The molecule has 0 bridgehead atoms. The van der Waals surface area contributed by atoms with E-state index in [4.69, 9.17) is 4.74 Å². The van der Waals surface area contributed by atoms with Crippen molar-refractivity contribution in [2.24, 2.45) is 0 Å². The first-order valence-electron chi connectivity index (χ1n) is 8.46. The second-order valence-electron chi connectivity index (χ2n) is 6.10. The van der Waals surface area contributed by atoms with Crippen LogP contribution >= 0.6 is 0 Å². The number of nitrogens with zero attached hydrogens (tertiary/aromatic N) is 1. The van der Waals surface area contributed by atoms with Gasteiger partial charge in [-0.05, 0) is 24.1 Å². The van der Waals surface area contributed by atoms with Gasteiger partial charge in [0.15, 0.2) is 0 Å². The Morgan fingerprint density at radius 2 is 1.75 bits per heavy atom. The highest BCUT2D eigenvalue weighted by Crippen LogP contribution is 2.21. The van der Waals surface area contributed by atoms with Crippen molar-refractivity contribution < 1.29 is 9.53 Å². The number of carbonyl (C=O) groups is 1. The third kappa shape index (κ3) is 4.02. The van der Waals surface area contributed by atoms with E-state index in [0.29, 0.717) is 6.54 Å². The van der Waals surface area contributed by atoms with Gasteiger partial charge in [0, 0.05) is 25.2 Å². The molecule has 126 valence electrons. The molecule has 1 saturated heterocycles. The zero-order chi connectivity index (χ0) is 16.8. The highest BCUT2D eigenvalue weighted by atomic mass is 16.5. The zero-order valence-corrected chi connectivity index (χ0v) is 14.1. The summed E-state index contributed by atoms with van der Waals surface area (Å²) in [5.41, 5.74) is 2.97. The van der Waals surface area contributed by atoms with Crippen molar-refractivity contribution in [3.63, 3.8) is 0 Å². The molecule has 0 aromatic heterocycles. The summed E-state index contributed by atoms with van der Waals surface area (Å²) in [7, 11) is 0. The SMILES string of the molecule is Cc1ccccc1C(=O)NC[C@@H](c1ccccc1)N1CCOCC1. The molecule has 1 atom stereocenters. The molecule has 0 saturated carbocycles. The van der Waals surface area contributed by atoms with Gasteiger partial charge in [0.2, 0.25) is 0 Å². The molecule has 2 aromatic carbocycles. The van der Waals surface area contributed by atoms with Crippen molar-refractivity contribution in [2.75, 3.05) is 32.8 Å². The van der Waals surface area contributed by atoms with Gasteiger partial charge in [-0.25, -0.2) is 0 Å². The highest BCUT2D eigenvalue weighted by molar-refractivity contribution is 5.95. The number of carbonyl (C=O) groups excluding carboxylic acids is 1. The van der Waals surface area contributed by atoms with Crippen LogP contribution in [0.25, 0.3) is 0 Å². The lowest BCUT2D eigenvalue weighted by atomic mass is 10.0. The Morgan fingerprint density at radius 1 is 1.08 bits per heavy atom. The van der Waals surface area contributed by atoms with Gasteiger partial charge in [-0.1, -0.05) is 48.5 Å². The van der Waals surface area contributed by atoms with Gasteiger partial charge in [0.05, 0.1) is 19.3 Å². The lowest BCUT2D eigenvalue weighted by molar-refractivity contribution is 0.0162. The Morgan fingerprint density at radius 3 is 2.46 bits per heavy atom. The first-order chi connectivity index (χ1) is 11.8. The summed E-state index contributed by atoms with van der Waals surface area (Å²) in [5, 5.41) is 3.11. The molecule has 1 amide bonds. The maximum absolute atomic E-state index is 12.5. The van der Waals surface area contributed by atoms with Gasteiger partial charge < -0.3 is 10.1 Å². The lowest BCUT2D eigenvalue weighted by Gasteiger charge is -2.35. The number of hydrogen-bond acceptors (Lipinski definition) is 3. The van der Waals surface area contributed by atoms with Gasteiger partial charge in [0.1, 0.15) is 0 Å². The molecule has 4 heteroatoms. The van der Waals surface area contributed by atoms with E-state index in [1.54, 1.807) is 0 Å². The van der Waals surface area contributed by atoms with Crippen LogP contribution in [0.1, 0.15) is 27.5 Å². The number of ether oxygens (including phenoxy) is 1. The fourth-order valence-corrected chi connectivity index (χ4v) is 3.13. The van der Waals surface area contributed by atoms with Crippen LogP contribution in [-0.4, -0.2) is 43.7 Å². The minimum Gasteiger partial charge on any atom is -0.379 e. The average molecular weight is 324 g/mol. The van der Waals surface area contributed by atoms with Crippen LogP contribution in [0.3, 0.4) is 0 Å². The van der Waals surface area contributed by atoms with Crippen LogP contribution in [0.2, 0.25) is 0 Å². The molecule has 0 spiro atoms. The molecule has 24 heavy (non-hydrogen) atoms. The van der Waals surface area contributed by atoms with E-state index in [0.717, 1.165) is 37.4 Å². The van der Waals surface area contributed by atoms with Crippen molar-refractivity contribution in [3.05, 3.63) is 71.3 Å². The normalized spacial score (nSPS) is 16.5.